The van der Waals surface area contributed by atoms with E-state index in [1.165, 1.54) is 5.56 Å². The number of nitrogens with one attached hydrogen (secondary N) is 1. The standard InChI is InChI=1S/C16H23N7O/c1-22(2)11-12-4-3-5-13(10-12)18-19-14-15(17)20-21-16(14)23-6-8-24-9-7-23/h3-5,10,18H,6-9,11H2,1-2H3,(H2,17,19,20). The Hall–Kier alpha value is -2.45. The van der Waals surface area contributed by atoms with Crippen LogP contribution in [-0.2, 0) is 11.3 Å². The molecule has 0 atom stereocenters. The fraction of sp³-hybridized carbons (Fsp3) is 0.438. The zero-order valence-electron chi connectivity index (χ0n) is 14.1. The zero-order valence-corrected chi connectivity index (χ0v) is 14.1. The fourth-order valence-corrected chi connectivity index (χ4v) is 2.63. The van der Waals surface area contributed by atoms with Crippen molar-refractivity contribution >= 4 is 23.1 Å². The van der Waals surface area contributed by atoms with E-state index < -0.39 is 0 Å². The van der Waals surface area contributed by atoms with Crippen LogP contribution < -0.4 is 11.2 Å². The number of ether oxygens (including phenoxy) is 1. The number of nitrogens with two attached hydrogens (primary N) is 1. The van der Waals surface area contributed by atoms with E-state index in [1.54, 1.807) is 0 Å². The highest BCUT2D eigenvalue weighted by Gasteiger charge is 2.26. The second-order valence-corrected chi connectivity index (χ2v) is 6.02. The van der Waals surface area contributed by atoms with Crippen LogP contribution in [0.2, 0.25) is 0 Å². The minimum atomic E-state index is 0.327. The first kappa shape index (κ1) is 16.4. The number of hydrogen-bond donors (Lipinski definition) is 2. The maximum Gasteiger partial charge on any atom is 0.183 e. The van der Waals surface area contributed by atoms with Gasteiger partial charge in [0.15, 0.2) is 17.4 Å². The van der Waals surface area contributed by atoms with Crippen molar-refractivity contribution in [1.82, 2.24) is 9.80 Å². The molecular weight excluding hydrogens is 306 g/mol. The van der Waals surface area contributed by atoms with E-state index in [-0.39, 0.29) is 0 Å². The molecule has 2 aliphatic rings. The molecule has 0 bridgehead atoms. The number of hydrazone groups is 1. The van der Waals surface area contributed by atoms with Gasteiger partial charge in [-0.1, -0.05) is 12.1 Å². The Morgan fingerprint density at radius 1 is 1.29 bits per heavy atom. The minimum Gasteiger partial charge on any atom is -0.380 e. The molecule has 0 aromatic heterocycles. The summed E-state index contributed by atoms with van der Waals surface area (Å²) in [5.74, 6) is 1.03. The molecule has 0 amide bonds. The van der Waals surface area contributed by atoms with E-state index in [0.717, 1.165) is 25.3 Å². The van der Waals surface area contributed by atoms with Gasteiger partial charge in [0.2, 0.25) is 0 Å². The SMILES string of the molecule is CN(C)Cc1cccc(NN=C2C(N)=NN=C2N2CCOCC2)c1. The monoisotopic (exact) mass is 329 g/mol. The molecule has 1 aromatic carbocycles. The van der Waals surface area contributed by atoms with Crippen LogP contribution in [0.25, 0.3) is 0 Å². The molecule has 1 saturated heterocycles. The first-order valence-electron chi connectivity index (χ1n) is 7.95. The van der Waals surface area contributed by atoms with E-state index in [0.29, 0.717) is 30.6 Å². The lowest BCUT2D eigenvalue weighted by Gasteiger charge is -2.28. The molecule has 3 rings (SSSR count). The molecule has 8 nitrogen and oxygen atoms in total. The quantitative estimate of drug-likeness (QED) is 0.787. The third-order valence-corrected chi connectivity index (χ3v) is 3.74. The van der Waals surface area contributed by atoms with Crippen molar-refractivity contribution in [2.75, 3.05) is 45.8 Å². The molecule has 24 heavy (non-hydrogen) atoms. The lowest BCUT2D eigenvalue weighted by molar-refractivity contribution is 0.0689. The van der Waals surface area contributed by atoms with Gasteiger partial charge in [-0.15, -0.1) is 10.2 Å². The molecule has 0 saturated carbocycles. The molecule has 0 aliphatic carbocycles. The molecule has 128 valence electrons. The van der Waals surface area contributed by atoms with Crippen LogP contribution in [0, 0.1) is 0 Å². The van der Waals surface area contributed by atoms with Gasteiger partial charge in [-0.2, -0.15) is 5.10 Å². The Balaban J connectivity index is 1.72. The summed E-state index contributed by atoms with van der Waals surface area (Å²) in [6.45, 7) is 3.74. The molecule has 8 heteroatoms. The third kappa shape index (κ3) is 3.90. The minimum absolute atomic E-state index is 0.327. The normalized spacial score (nSPS) is 19.6. The van der Waals surface area contributed by atoms with Crippen LogP contribution in [0.1, 0.15) is 5.56 Å². The second kappa shape index (κ2) is 7.41. The van der Waals surface area contributed by atoms with Crippen molar-refractivity contribution in [3.63, 3.8) is 0 Å². The zero-order chi connectivity index (χ0) is 16.9. The first-order chi connectivity index (χ1) is 11.6. The van der Waals surface area contributed by atoms with Gasteiger partial charge in [0.25, 0.3) is 0 Å². The Morgan fingerprint density at radius 3 is 2.83 bits per heavy atom. The predicted molar refractivity (Wildman–Crippen MR) is 96.3 cm³/mol. The third-order valence-electron chi connectivity index (χ3n) is 3.74. The topological polar surface area (TPSA) is 90.8 Å². The van der Waals surface area contributed by atoms with E-state index >= 15 is 0 Å². The smallest absolute Gasteiger partial charge is 0.183 e. The van der Waals surface area contributed by atoms with Gasteiger partial charge in [0, 0.05) is 19.6 Å². The van der Waals surface area contributed by atoms with Crippen LogP contribution >= 0.6 is 0 Å². The summed E-state index contributed by atoms with van der Waals surface area (Å²) in [7, 11) is 4.09. The van der Waals surface area contributed by atoms with E-state index in [2.05, 4.69) is 42.7 Å². The van der Waals surface area contributed by atoms with Crippen molar-refractivity contribution in [2.45, 2.75) is 6.54 Å². The van der Waals surface area contributed by atoms with E-state index in [9.17, 15) is 0 Å². The number of amidine groups is 2. The summed E-state index contributed by atoms with van der Waals surface area (Å²) in [4.78, 5) is 4.21. The number of hydrogen-bond acceptors (Lipinski definition) is 8. The van der Waals surface area contributed by atoms with Crippen molar-refractivity contribution in [2.24, 2.45) is 21.0 Å². The average molecular weight is 329 g/mol. The van der Waals surface area contributed by atoms with Gasteiger partial charge in [-0.3, -0.25) is 5.43 Å². The molecule has 3 N–H and O–H groups in total. The van der Waals surface area contributed by atoms with Crippen molar-refractivity contribution < 1.29 is 4.74 Å². The highest BCUT2D eigenvalue weighted by atomic mass is 16.5. The fourth-order valence-electron chi connectivity index (χ4n) is 2.63. The molecule has 1 aromatic rings. The summed E-state index contributed by atoms with van der Waals surface area (Å²) in [6, 6.07) is 8.13. The highest BCUT2D eigenvalue weighted by Crippen LogP contribution is 2.13. The van der Waals surface area contributed by atoms with Crippen LogP contribution in [0.15, 0.2) is 39.6 Å². The van der Waals surface area contributed by atoms with E-state index in [4.69, 9.17) is 10.5 Å². The summed E-state index contributed by atoms with van der Waals surface area (Å²) in [5, 5.41) is 12.6. The maximum atomic E-state index is 5.94. The van der Waals surface area contributed by atoms with Gasteiger partial charge in [0.1, 0.15) is 0 Å². The van der Waals surface area contributed by atoms with Gasteiger partial charge >= 0.3 is 0 Å². The molecule has 2 heterocycles. The maximum absolute atomic E-state index is 5.94. The Morgan fingerprint density at radius 2 is 2.08 bits per heavy atom. The van der Waals surface area contributed by atoms with Gasteiger partial charge in [-0.05, 0) is 31.8 Å². The number of benzene rings is 1. The Kier molecular flexibility index (Phi) is 5.07. The number of anilines is 1. The lowest BCUT2D eigenvalue weighted by Crippen LogP contribution is -2.46. The van der Waals surface area contributed by atoms with E-state index in [1.807, 2.05) is 26.2 Å². The number of nitrogens with zero attached hydrogens (tertiary/aromatic N) is 5. The average Bonchev–Trinajstić information content (AvgIpc) is 2.94. The summed E-state index contributed by atoms with van der Waals surface area (Å²) in [6.07, 6.45) is 0. The van der Waals surface area contributed by atoms with Crippen LogP contribution in [-0.4, -0.2) is 67.6 Å². The Labute approximate surface area is 141 Å². The molecule has 0 unspecified atom stereocenters. The number of morpholine rings is 1. The summed E-state index contributed by atoms with van der Waals surface area (Å²) < 4.78 is 5.37. The number of rotatable bonds is 4. The predicted octanol–water partition coefficient (Wildman–Crippen LogP) is 0.533. The lowest BCUT2D eigenvalue weighted by atomic mass is 10.2. The van der Waals surface area contributed by atoms with Crippen LogP contribution in [0.5, 0.6) is 0 Å². The van der Waals surface area contributed by atoms with Gasteiger partial charge in [0.05, 0.1) is 18.9 Å². The van der Waals surface area contributed by atoms with Crippen LogP contribution in [0.3, 0.4) is 0 Å². The van der Waals surface area contributed by atoms with Gasteiger partial charge < -0.3 is 20.3 Å². The molecule has 1 fully saturated rings. The molecule has 2 aliphatic heterocycles. The first-order valence-corrected chi connectivity index (χ1v) is 7.95. The largest absolute Gasteiger partial charge is 0.380 e. The van der Waals surface area contributed by atoms with Crippen molar-refractivity contribution in [3.8, 4) is 0 Å². The summed E-state index contributed by atoms with van der Waals surface area (Å²) in [5.41, 5.74) is 11.7. The van der Waals surface area contributed by atoms with Gasteiger partial charge in [-0.25, -0.2) is 0 Å². The molecular formula is C16H23N7O. The van der Waals surface area contributed by atoms with Crippen molar-refractivity contribution in [3.05, 3.63) is 29.8 Å². The second-order valence-electron chi connectivity index (χ2n) is 6.02. The molecule has 0 radical (unpaired) electrons. The molecule has 0 spiro atoms. The van der Waals surface area contributed by atoms with Crippen LogP contribution in [0.4, 0.5) is 5.69 Å². The highest BCUT2D eigenvalue weighted by molar-refractivity contribution is 6.68. The van der Waals surface area contributed by atoms with Crippen molar-refractivity contribution in [1.29, 1.82) is 0 Å². The summed E-state index contributed by atoms with van der Waals surface area (Å²) >= 11 is 0. The Bertz CT molecular complexity index is 675.